The number of pyridine rings is 1. The Labute approximate surface area is 184 Å². The molecule has 0 unspecified atom stereocenters. The molecule has 4 aromatic rings. The summed E-state index contributed by atoms with van der Waals surface area (Å²) in [6, 6.07) is 8.10. The second-order valence-electron chi connectivity index (χ2n) is 8.44. The summed E-state index contributed by atoms with van der Waals surface area (Å²) >= 11 is 0. The lowest BCUT2D eigenvalue weighted by atomic mass is 9.91. The number of halogens is 1. The van der Waals surface area contributed by atoms with Crippen molar-refractivity contribution in [3.63, 3.8) is 0 Å². The number of hydrogen-bond donors (Lipinski definition) is 1. The van der Waals surface area contributed by atoms with E-state index in [1.165, 1.54) is 16.5 Å². The number of aliphatic hydroxyl groups is 1. The molecule has 8 heteroatoms. The maximum atomic E-state index is 13.4. The maximum absolute atomic E-state index is 13.4. The summed E-state index contributed by atoms with van der Waals surface area (Å²) in [7, 11) is 0. The zero-order valence-corrected chi connectivity index (χ0v) is 17.9. The molecule has 0 amide bonds. The Bertz CT molecular complexity index is 1340. The van der Waals surface area contributed by atoms with Crippen molar-refractivity contribution in [2.45, 2.75) is 38.7 Å². The predicted octanol–water partition coefficient (Wildman–Crippen LogP) is 3.20. The van der Waals surface area contributed by atoms with Crippen LogP contribution in [0.3, 0.4) is 0 Å². The van der Waals surface area contributed by atoms with Crippen molar-refractivity contribution >= 4 is 16.6 Å². The van der Waals surface area contributed by atoms with Crippen LogP contribution in [0.2, 0.25) is 0 Å². The number of likely N-dealkylation sites (tertiary alicyclic amines) is 1. The largest absolute Gasteiger partial charge is 0.392 e. The minimum absolute atomic E-state index is 0.0704. The van der Waals surface area contributed by atoms with Gasteiger partial charge >= 0.3 is 0 Å². The fourth-order valence-corrected chi connectivity index (χ4v) is 4.70. The Hall–Kier alpha value is -3.10. The molecular weight excluding hydrogens is 411 g/mol. The molecule has 0 atom stereocenters. The summed E-state index contributed by atoms with van der Waals surface area (Å²) in [5.41, 5.74) is 3.92. The highest BCUT2D eigenvalue weighted by Gasteiger charge is 2.25. The molecule has 0 radical (unpaired) electrons. The van der Waals surface area contributed by atoms with Crippen molar-refractivity contribution < 1.29 is 14.0 Å². The van der Waals surface area contributed by atoms with E-state index < -0.39 is 0 Å². The summed E-state index contributed by atoms with van der Waals surface area (Å²) in [5.74, 6) is -0.0402. The van der Waals surface area contributed by atoms with E-state index in [2.05, 4.69) is 15.0 Å². The van der Waals surface area contributed by atoms with Gasteiger partial charge in [0.1, 0.15) is 11.5 Å². The summed E-state index contributed by atoms with van der Waals surface area (Å²) in [5, 5.41) is 14.6. The predicted molar refractivity (Wildman–Crippen MR) is 118 cm³/mol. The smallest absolute Gasteiger partial charge is 0.261 e. The molecule has 0 bridgehead atoms. The van der Waals surface area contributed by atoms with Crippen LogP contribution < -0.4 is 5.56 Å². The Kier molecular flexibility index (Phi) is 5.48. The lowest BCUT2D eigenvalue weighted by molar-refractivity contribution is 0.211. The van der Waals surface area contributed by atoms with E-state index >= 15 is 0 Å². The molecule has 1 aliphatic heterocycles. The van der Waals surface area contributed by atoms with Gasteiger partial charge in [0, 0.05) is 46.9 Å². The van der Waals surface area contributed by atoms with Gasteiger partial charge in [0.15, 0.2) is 5.58 Å². The summed E-state index contributed by atoms with van der Waals surface area (Å²) in [6.07, 6.45) is 4.20. The Morgan fingerprint density at radius 2 is 2.06 bits per heavy atom. The molecule has 0 saturated carbocycles. The Morgan fingerprint density at radius 3 is 2.84 bits per heavy atom. The third-order valence-corrected chi connectivity index (χ3v) is 6.52. The number of aromatic nitrogens is 3. The maximum Gasteiger partial charge on any atom is 0.261 e. The number of rotatable bonds is 5. The number of piperidine rings is 1. The first kappa shape index (κ1) is 20.8. The molecule has 32 heavy (non-hydrogen) atoms. The van der Waals surface area contributed by atoms with E-state index in [1.54, 1.807) is 24.4 Å². The summed E-state index contributed by atoms with van der Waals surface area (Å²) in [6.45, 7) is 4.28. The highest BCUT2D eigenvalue weighted by atomic mass is 19.1. The molecule has 0 aliphatic carbocycles. The van der Waals surface area contributed by atoms with Gasteiger partial charge in [-0.1, -0.05) is 11.2 Å². The van der Waals surface area contributed by atoms with Gasteiger partial charge in [-0.3, -0.25) is 9.20 Å². The topological polar surface area (TPSA) is 83.9 Å². The van der Waals surface area contributed by atoms with Gasteiger partial charge in [0.25, 0.3) is 5.56 Å². The second-order valence-corrected chi connectivity index (χ2v) is 8.44. The third kappa shape index (κ3) is 3.69. The number of benzene rings is 1. The number of aliphatic hydroxyl groups excluding tert-OH is 1. The second kappa shape index (κ2) is 8.44. The van der Waals surface area contributed by atoms with E-state index in [1.807, 2.05) is 6.92 Å². The van der Waals surface area contributed by atoms with Crippen LogP contribution in [-0.2, 0) is 13.0 Å². The summed E-state index contributed by atoms with van der Waals surface area (Å²) < 4.78 is 20.3. The quantitative estimate of drug-likeness (QED) is 0.517. The monoisotopic (exact) mass is 436 g/mol. The van der Waals surface area contributed by atoms with Gasteiger partial charge in [0.05, 0.1) is 12.3 Å². The van der Waals surface area contributed by atoms with E-state index in [9.17, 15) is 14.3 Å². The SMILES string of the molecule is Cc1nc2c(CO)cccn2c(=O)c1CCN1CCC(c2noc3cc(F)ccc23)CC1. The van der Waals surface area contributed by atoms with Gasteiger partial charge in [-0.2, -0.15) is 0 Å². The lowest BCUT2D eigenvalue weighted by Crippen LogP contribution is -2.35. The van der Waals surface area contributed by atoms with Gasteiger partial charge in [-0.05, 0) is 57.5 Å². The van der Waals surface area contributed by atoms with Crippen LogP contribution >= 0.6 is 0 Å². The van der Waals surface area contributed by atoms with Gasteiger partial charge in [-0.15, -0.1) is 0 Å². The zero-order chi connectivity index (χ0) is 22.2. The fraction of sp³-hybridized carbons (Fsp3) is 0.375. The minimum atomic E-state index is -0.322. The van der Waals surface area contributed by atoms with Crippen LogP contribution in [0.5, 0.6) is 0 Å². The third-order valence-electron chi connectivity index (χ3n) is 6.52. The van der Waals surface area contributed by atoms with Crippen molar-refractivity contribution in [3.8, 4) is 0 Å². The van der Waals surface area contributed by atoms with Crippen LogP contribution in [-0.4, -0.2) is 44.2 Å². The van der Waals surface area contributed by atoms with E-state index in [0.29, 0.717) is 34.5 Å². The molecule has 1 fully saturated rings. The van der Waals surface area contributed by atoms with Crippen LogP contribution in [0.25, 0.3) is 16.6 Å². The van der Waals surface area contributed by atoms with Crippen molar-refractivity contribution in [1.29, 1.82) is 0 Å². The number of hydrogen-bond acceptors (Lipinski definition) is 6. The minimum Gasteiger partial charge on any atom is -0.392 e. The molecule has 1 N–H and O–H groups in total. The van der Waals surface area contributed by atoms with Gasteiger partial charge in [0.2, 0.25) is 0 Å². The first-order chi connectivity index (χ1) is 15.5. The number of fused-ring (bicyclic) bond motifs is 2. The first-order valence-electron chi connectivity index (χ1n) is 10.9. The van der Waals surface area contributed by atoms with Crippen LogP contribution in [0.1, 0.15) is 41.3 Å². The molecule has 1 aromatic carbocycles. The lowest BCUT2D eigenvalue weighted by Gasteiger charge is -2.31. The van der Waals surface area contributed by atoms with Crippen LogP contribution in [0, 0.1) is 12.7 Å². The number of aryl methyl sites for hydroxylation is 1. The zero-order valence-electron chi connectivity index (χ0n) is 17.9. The normalized spacial score (nSPS) is 15.7. The average molecular weight is 436 g/mol. The molecule has 3 aromatic heterocycles. The van der Waals surface area contributed by atoms with Crippen molar-refractivity contribution in [2.75, 3.05) is 19.6 Å². The highest BCUT2D eigenvalue weighted by Crippen LogP contribution is 2.32. The molecule has 4 heterocycles. The number of nitrogens with zero attached hydrogens (tertiary/aromatic N) is 4. The molecule has 7 nitrogen and oxygen atoms in total. The average Bonchev–Trinajstić information content (AvgIpc) is 3.22. The van der Waals surface area contributed by atoms with Crippen molar-refractivity contribution in [2.24, 2.45) is 0 Å². The van der Waals surface area contributed by atoms with E-state index in [0.717, 1.165) is 43.6 Å². The fourth-order valence-electron chi connectivity index (χ4n) is 4.70. The molecule has 0 spiro atoms. The molecule has 1 aliphatic rings. The van der Waals surface area contributed by atoms with Crippen molar-refractivity contribution in [3.05, 3.63) is 75.2 Å². The molecular formula is C24H25FN4O3. The molecule has 1 saturated heterocycles. The van der Waals surface area contributed by atoms with Gasteiger partial charge in [-0.25, -0.2) is 9.37 Å². The standard InChI is InChI=1S/C24H25FN4O3/c1-15-19(24(31)29-9-2-3-17(14-30)23(29)26-15)8-12-28-10-6-16(7-11-28)22-20-5-4-18(25)13-21(20)32-27-22/h2-5,9,13,16,30H,6-8,10-12,14H2,1H3. The highest BCUT2D eigenvalue weighted by molar-refractivity contribution is 5.79. The van der Waals surface area contributed by atoms with Crippen molar-refractivity contribution in [1.82, 2.24) is 19.4 Å². The Balaban J connectivity index is 1.27. The molecule has 166 valence electrons. The first-order valence-corrected chi connectivity index (χ1v) is 10.9. The van der Waals surface area contributed by atoms with Crippen LogP contribution in [0.4, 0.5) is 4.39 Å². The molecule has 5 rings (SSSR count). The van der Waals surface area contributed by atoms with E-state index in [-0.39, 0.29) is 23.9 Å². The summed E-state index contributed by atoms with van der Waals surface area (Å²) in [4.78, 5) is 20.0. The van der Waals surface area contributed by atoms with E-state index in [4.69, 9.17) is 4.52 Å². The van der Waals surface area contributed by atoms with Gasteiger partial charge < -0.3 is 14.5 Å². The van der Waals surface area contributed by atoms with Crippen LogP contribution in [0.15, 0.2) is 45.8 Å². The Morgan fingerprint density at radius 1 is 1.25 bits per heavy atom.